The maximum absolute atomic E-state index is 11.9. The molecule has 0 radical (unpaired) electrons. The number of furan rings is 1. The summed E-state index contributed by atoms with van der Waals surface area (Å²) < 4.78 is 6.81. The first-order valence-electron chi connectivity index (χ1n) is 9.36. The SMILES string of the molecule is O=C(CSc1nnc(SCc2cccc3ccccc23)s1)N/N=C/C=C/c1ccco1. The fourth-order valence-corrected chi connectivity index (χ4v) is 5.52. The van der Waals surface area contributed by atoms with Crippen molar-refractivity contribution in [2.45, 2.75) is 14.4 Å². The maximum atomic E-state index is 11.9. The second-order valence-corrected chi connectivity index (χ2v) is 9.66. The van der Waals surface area contributed by atoms with Crippen LogP contribution in [0.2, 0.25) is 0 Å². The van der Waals surface area contributed by atoms with Crippen LogP contribution in [0.3, 0.4) is 0 Å². The van der Waals surface area contributed by atoms with Crippen molar-refractivity contribution in [3.05, 3.63) is 78.3 Å². The lowest BCUT2D eigenvalue weighted by molar-refractivity contribution is -0.118. The van der Waals surface area contributed by atoms with E-state index < -0.39 is 0 Å². The third-order valence-electron chi connectivity index (χ3n) is 4.10. The van der Waals surface area contributed by atoms with Gasteiger partial charge in [-0.2, -0.15) is 5.10 Å². The second kappa shape index (κ2) is 10.9. The predicted octanol–water partition coefficient (Wildman–Crippen LogP) is 5.48. The Kier molecular flexibility index (Phi) is 7.54. The van der Waals surface area contributed by atoms with Crippen molar-refractivity contribution in [3.8, 4) is 0 Å². The molecular weight excluding hydrogens is 448 g/mol. The number of hydrogen-bond acceptors (Lipinski definition) is 8. The van der Waals surface area contributed by atoms with Crippen LogP contribution < -0.4 is 5.43 Å². The van der Waals surface area contributed by atoms with Crippen LogP contribution in [-0.2, 0) is 10.5 Å². The predicted molar refractivity (Wildman–Crippen MR) is 129 cm³/mol. The van der Waals surface area contributed by atoms with Crippen LogP contribution in [0.1, 0.15) is 11.3 Å². The number of benzene rings is 2. The van der Waals surface area contributed by atoms with Gasteiger partial charge in [-0.1, -0.05) is 77.3 Å². The maximum Gasteiger partial charge on any atom is 0.250 e. The number of hydrazone groups is 1. The van der Waals surface area contributed by atoms with Gasteiger partial charge in [0.15, 0.2) is 8.68 Å². The summed E-state index contributed by atoms with van der Waals surface area (Å²) in [6, 6.07) is 18.3. The number of thioether (sulfide) groups is 2. The lowest BCUT2D eigenvalue weighted by atomic mass is 10.1. The van der Waals surface area contributed by atoms with Crippen LogP contribution in [0.4, 0.5) is 0 Å². The number of hydrogen-bond donors (Lipinski definition) is 1. The summed E-state index contributed by atoms with van der Waals surface area (Å²) in [5.41, 5.74) is 3.75. The fourth-order valence-electron chi connectivity index (χ4n) is 2.71. The van der Waals surface area contributed by atoms with Gasteiger partial charge in [0.1, 0.15) is 5.76 Å². The molecule has 0 bridgehead atoms. The zero-order valence-corrected chi connectivity index (χ0v) is 18.8. The molecule has 2 heterocycles. The van der Waals surface area contributed by atoms with E-state index >= 15 is 0 Å². The van der Waals surface area contributed by atoms with Crippen LogP contribution in [-0.4, -0.2) is 28.1 Å². The third kappa shape index (κ3) is 6.30. The second-order valence-electron chi connectivity index (χ2n) is 6.24. The Bertz CT molecular complexity index is 1200. The van der Waals surface area contributed by atoms with Crippen LogP contribution >= 0.6 is 34.9 Å². The number of nitrogens with zero attached hydrogens (tertiary/aromatic N) is 3. The number of allylic oxidation sites excluding steroid dienone is 1. The number of rotatable bonds is 9. The number of carbonyl (C=O) groups excluding carboxylic acids is 1. The van der Waals surface area contributed by atoms with Gasteiger partial charge < -0.3 is 4.42 Å². The van der Waals surface area contributed by atoms with E-state index in [2.05, 4.69) is 57.1 Å². The molecule has 0 aliphatic carbocycles. The molecular formula is C22H18N4O2S3. The summed E-state index contributed by atoms with van der Waals surface area (Å²) in [5, 5.41) is 14.8. The largest absolute Gasteiger partial charge is 0.465 e. The van der Waals surface area contributed by atoms with E-state index in [4.69, 9.17) is 4.42 Å². The first-order chi connectivity index (χ1) is 15.3. The first kappa shape index (κ1) is 21.4. The Morgan fingerprint density at radius 2 is 1.90 bits per heavy atom. The summed E-state index contributed by atoms with van der Waals surface area (Å²) in [6.07, 6.45) is 6.54. The molecule has 0 spiro atoms. The van der Waals surface area contributed by atoms with E-state index in [9.17, 15) is 4.79 Å². The molecule has 0 saturated heterocycles. The molecule has 0 unspecified atom stereocenters. The third-order valence-corrected chi connectivity index (χ3v) is 7.34. The zero-order valence-electron chi connectivity index (χ0n) is 16.3. The number of carbonyl (C=O) groups is 1. The molecule has 0 atom stereocenters. The minimum absolute atomic E-state index is 0.201. The van der Waals surface area contributed by atoms with Crippen LogP contribution in [0, 0.1) is 0 Å². The Morgan fingerprint density at radius 1 is 1.06 bits per heavy atom. The summed E-state index contributed by atoms with van der Waals surface area (Å²) in [5.74, 6) is 1.56. The highest BCUT2D eigenvalue weighted by Gasteiger charge is 2.09. The molecule has 2 aromatic carbocycles. The van der Waals surface area contributed by atoms with E-state index in [-0.39, 0.29) is 11.7 Å². The molecule has 1 N–H and O–H groups in total. The molecule has 6 nitrogen and oxygen atoms in total. The quantitative estimate of drug-likeness (QED) is 0.200. The molecule has 4 aromatic rings. The summed E-state index contributed by atoms with van der Waals surface area (Å²) in [4.78, 5) is 11.9. The smallest absolute Gasteiger partial charge is 0.250 e. The summed E-state index contributed by atoms with van der Waals surface area (Å²) in [7, 11) is 0. The first-order valence-corrected chi connectivity index (χ1v) is 12.1. The summed E-state index contributed by atoms with van der Waals surface area (Å²) >= 11 is 4.50. The van der Waals surface area contributed by atoms with E-state index in [0.717, 1.165) is 20.2 Å². The highest BCUT2D eigenvalue weighted by atomic mass is 32.2. The standard InChI is InChI=1S/C22H18N4O2S3/c27-20(24-23-12-4-9-18-10-5-13-28-18)15-30-22-26-25-21(31-22)29-14-17-8-3-7-16-6-1-2-11-19(16)17/h1-13H,14-15H2,(H,24,27)/b9-4+,23-12+. The van der Waals surface area contributed by atoms with Crippen molar-refractivity contribution in [1.82, 2.24) is 15.6 Å². The fraction of sp³-hybridized carbons (Fsp3) is 0.0909. The Hall–Kier alpha value is -2.88. The Morgan fingerprint density at radius 3 is 2.77 bits per heavy atom. The van der Waals surface area contributed by atoms with E-state index in [1.807, 2.05) is 12.1 Å². The molecule has 0 saturated carbocycles. The molecule has 0 aliphatic rings. The lowest BCUT2D eigenvalue weighted by Gasteiger charge is -2.04. The highest BCUT2D eigenvalue weighted by Crippen LogP contribution is 2.32. The molecule has 2 aromatic heterocycles. The summed E-state index contributed by atoms with van der Waals surface area (Å²) in [6.45, 7) is 0. The van der Waals surface area contributed by atoms with E-state index in [1.165, 1.54) is 45.6 Å². The molecule has 0 aliphatic heterocycles. The minimum Gasteiger partial charge on any atom is -0.465 e. The highest BCUT2D eigenvalue weighted by molar-refractivity contribution is 8.03. The van der Waals surface area contributed by atoms with Gasteiger partial charge in [0.25, 0.3) is 5.91 Å². The van der Waals surface area contributed by atoms with E-state index in [0.29, 0.717) is 0 Å². The molecule has 4 rings (SSSR count). The molecule has 31 heavy (non-hydrogen) atoms. The van der Waals surface area contributed by atoms with Crippen LogP contribution in [0.5, 0.6) is 0 Å². The van der Waals surface area contributed by atoms with Gasteiger partial charge >= 0.3 is 0 Å². The number of fused-ring (bicyclic) bond motifs is 1. The molecule has 0 fully saturated rings. The average Bonchev–Trinajstić information content (AvgIpc) is 3.48. The van der Waals surface area contributed by atoms with Gasteiger partial charge in [-0.05, 0) is 40.6 Å². The van der Waals surface area contributed by atoms with Gasteiger partial charge in [-0.3, -0.25) is 4.79 Å². The monoisotopic (exact) mass is 466 g/mol. The molecule has 156 valence electrons. The number of nitrogens with one attached hydrogen (secondary N) is 1. The number of aromatic nitrogens is 2. The van der Waals surface area contributed by atoms with Crippen LogP contribution in [0.15, 0.2) is 85.1 Å². The average molecular weight is 467 g/mol. The van der Waals surface area contributed by atoms with E-state index in [1.54, 1.807) is 36.2 Å². The van der Waals surface area contributed by atoms with Crippen molar-refractivity contribution in [1.29, 1.82) is 0 Å². The number of amides is 1. The van der Waals surface area contributed by atoms with Gasteiger partial charge in [-0.15, -0.1) is 10.2 Å². The normalized spacial score (nSPS) is 11.6. The molecule has 9 heteroatoms. The minimum atomic E-state index is -0.201. The molecule has 1 amide bonds. The van der Waals surface area contributed by atoms with Crippen molar-refractivity contribution < 1.29 is 9.21 Å². The van der Waals surface area contributed by atoms with Crippen LogP contribution in [0.25, 0.3) is 16.8 Å². The van der Waals surface area contributed by atoms with Crippen molar-refractivity contribution in [2.24, 2.45) is 5.10 Å². The van der Waals surface area contributed by atoms with Gasteiger partial charge in [-0.25, -0.2) is 5.43 Å². The Balaban J connectivity index is 1.22. The topological polar surface area (TPSA) is 80.4 Å². The van der Waals surface area contributed by atoms with Crippen molar-refractivity contribution in [2.75, 3.05) is 5.75 Å². The van der Waals surface area contributed by atoms with Gasteiger partial charge in [0.05, 0.1) is 12.0 Å². The lowest BCUT2D eigenvalue weighted by Crippen LogP contribution is -2.19. The zero-order chi connectivity index (χ0) is 21.3. The van der Waals surface area contributed by atoms with Crippen molar-refractivity contribution in [3.63, 3.8) is 0 Å². The Labute approximate surface area is 191 Å². The van der Waals surface area contributed by atoms with Crippen molar-refractivity contribution >= 4 is 63.8 Å². The van der Waals surface area contributed by atoms with Gasteiger partial charge in [0.2, 0.25) is 0 Å². The van der Waals surface area contributed by atoms with Gasteiger partial charge in [0, 0.05) is 12.0 Å².